The monoisotopic (exact) mass is 322 g/mol. The number of nitrogens with zero attached hydrogens (tertiary/aromatic N) is 2. The number of hydrogen-bond donors (Lipinski definition) is 0. The van der Waals surface area contributed by atoms with Crippen LogP contribution in [0, 0.1) is 6.92 Å². The molecule has 0 saturated carbocycles. The number of sulfonamides is 1. The molecule has 2 heterocycles. The van der Waals surface area contributed by atoms with Gasteiger partial charge in [0.1, 0.15) is 0 Å². The van der Waals surface area contributed by atoms with Gasteiger partial charge >= 0.3 is 0 Å². The molecule has 2 aromatic rings. The molecule has 112 valence electrons. The van der Waals surface area contributed by atoms with Crippen molar-refractivity contribution in [3.05, 3.63) is 46.4 Å². The Morgan fingerprint density at radius 3 is 2.71 bits per heavy atom. The first kappa shape index (κ1) is 14.7. The molecule has 3 rings (SSSR count). The smallest absolute Gasteiger partial charge is 0.243 e. The van der Waals surface area contributed by atoms with E-state index in [1.165, 1.54) is 0 Å². The van der Waals surface area contributed by atoms with Gasteiger partial charge in [0.05, 0.1) is 9.90 Å². The maximum atomic E-state index is 12.7. The first-order valence-electron chi connectivity index (χ1n) is 7.03. The molecular weight excluding hydrogens is 304 g/mol. The summed E-state index contributed by atoms with van der Waals surface area (Å²) in [7, 11) is -3.39. The maximum Gasteiger partial charge on any atom is 0.243 e. The van der Waals surface area contributed by atoms with Crippen LogP contribution in [0.3, 0.4) is 0 Å². The van der Waals surface area contributed by atoms with Crippen LogP contribution in [-0.2, 0) is 10.0 Å². The first-order valence-corrected chi connectivity index (χ1v) is 9.35. The zero-order valence-corrected chi connectivity index (χ0v) is 13.5. The number of piperidine rings is 1. The van der Waals surface area contributed by atoms with E-state index in [0.717, 1.165) is 23.4 Å². The summed E-state index contributed by atoms with van der Waals surface area (Å²) >= 11 is 1.61. The van der Waals surface area contributed by atoms with Gasteiger partial charge in [-0.1, -0.05) is 17.7 Å². The van der Waals surface area contributed by atoms with E-state index >= 15 is 0 Å². The second kappa shape index (κ2) is 5.87. The molecule has 1 atom stereocenters. The van der Waals surface area contributed by atoms with Crippen molar-refractivity contribution in [2.45, 2.75) is 30.6 Å². The lowest BCUT2D eigenvalue weighted by atomic mass is 10.0. The summed E-state index contributed by atoms with van der Waals surface area (Å²) in [5, 5.41) is 2.99. The van der Waals surface area contributed by atoms with E-state index in [1.807, 2.05) is 24.4 Å². The Bertz CT molecular complexity index is 694. The summed E-state index contributed by atoms with van der Waals surface area (Å²) in [4.78, 5) is 4.72. The largest absolute Gasteiger partial charge is 0.249 e. The van der Waals surface area contributed by atoms with Crippen molar-refractivity contribution < 1.29 is 8.42 Å². The molecule has 4 nitrogen and oxygen atoms in total. The molecular formula is C15H18N2O2S2. The quantitative estimate of drug-likeness (QED) is 0.873. The molecule has 1 aromatic carbocycles. The van der Waals surface area contributed by atoms with Crippen molar-refractivity contribution in [2.24, 2.45) is 0 Å². The van der Waals surface area contributed by atoms with Gasteiger partial charge in [0.25, 0.3) is 0 Å². The van der Waals surface area contributed by atoms with Gasteiger partial charge in [0.15, 0.2) is 0 Å². The summed E-state index contributed by atoms with van der Waals surface area (Å²) < 4.78 is 27.0. The number of aryl methyl sites for hydroxylation is 1. The molecule has 0 N–H and O–H groups in total. The van der Waals surface area contributed by atoms with Gasteiger partial charge in [-0.2, -0.15) is 4.31 Å². The van der Waals surface area contributed by atoms with Gasteiger partial charge in [-0.05, 0) is 31.9 Å². The van der Waals surface area contributed by atoms with Gasteiger partial charge in [0, 0.05) is 30.6 Å². The molecule has 0 unspecified atom stereocenters. The second-order valence-corrected chi connectivity index (χ2v) is 8.25. The molecule has 0 aliphatic carbocycles. The highest BCUT2D eigenvalue weighted by Gasteiger charge is 2.31. The molecule has 0 amide bonds. The molecule has 1 aromatic heterocycles. The maximum absolute atomic E-state index is 12.7. The molecule has 1 saturated heterocycles. The number of rotatable bonds is 3. The Hall–Kier alpha value is -1.24. The zero-order valence-electron chi connectivity index (χ0n) is 11.9. The predicted octanol–water partition coefficient (Wildman–Crippen LogP) is 3.02. The van der Waals surface area contributed by atoms with Crippen molar-refractivity contribution >= 4 is 21.4 Å². The summed E-state index contributed by atoms with van der Waals surface area (Å²) in [6.45, 7) is 3.08. The standard InChI is InChI=1S/C15H18N2O2S2/c1-12-4-6-14(7-5-12)21(18,19)17-9-2-3-13(11-17)15-16-8-10-20-15/h4-8,10,13H,2-3,9,11H2,1H3/t13-/m1/s1. The highest BCUT2D eigenvalue weighted by molar-refractivity contribution is 7.89. The van der Waals surface area contributed by atoms with E-state index in [0.29, 0.717) is 18.0 Å². The van der Waals surface area contributed by atoms with E-state index < -0.39 is 10.0 Å². The van der Waals surface area contributed by atoms with E-state index in [-0.39, 0.29) is 5.92 Å². The summed E-state index contributed by atoms with van der Waals surface area (Å²) in [6, 6.07) is 7.07. The number of hydrogen-bond acceptors (Lipinski definition) is 4. The van der Waals surface area contributed by atoms with Crippen LogP contribution < -0.4 is 0 Å². The van der Waals surface area contributed by atoms with Gasteiger partial charge < -0.3 is 0 Å². The number of benzene rings is 1. The minimum absolute atomic E-state index is 0.221. The SMILES string of the molecule is Cc1ccc(S(=O)(=O)N2CCC[C@@H](c3nccs3)C2)cc1. The van der Waals surface area contributed by atoms with E-state index in [9.17, 15) is 8.42 Å². The average Bonchev–Trinajstić information content (AvgIpc) is 3.02. The summed E-state index contributed by atoms with van der Waals surface area (Å²) in [5.41, 5.74) is 1.06. The molecule has 0 spiro atoms. The summed E-state index contributed by atoms with van der Waals surface area (Å²) in [5.74, 6) is 0.221. The van der Waals surface area contributed by atoms with Crippen LogP contribution in [0.5, 0.6) is 0 Å². The predicted molar refractivity (Wildman–Crippen MR) is 84.0 cm³/mol. The third kappa shape index (κ3) is 3.02. The van der Waals surface area contributed by atoms with Crippen LogP contribution in [0.2, 0.25) is 0 Å². The van der Waals surface area contributed by atoms with Gasteiger partial charge in [0.2, 0.25) is 10.0 Å². The molecule has 0 bridgehead atoms. The van der Waals surface area contributed by atoms with E-state index in [1.54, 1.807) is 34.0 Å². The van der Waals surface area contributed by atoms with E-state index in [2.05, 4.69) is 4.98 Å². The Kier molecular flexibility index (Phi) is 4.10. The van der Waals surface area contributed by atoms with Gasteiger partial charge in [-0.15, -0.1) is 11.3 Å². The van der Waals surface area contributed by atoms with E-state index in [4.69, 9.17) is 0 Å². The van der Waals surface area contributed by atoms with Crippen LogP contribution in [0.4, 0.5) is 0 Å². The van der Waals surface area contributed by atoms with Crippen LogP contribution in [0.15, 0.2) is 40.7 Å². The normalized spacial score (nSPS) is 20.5. The summed E-state index contributed by atoms with van der Waals surface area (Å²) in [6.07, 6.45) is 3.68. The Morgan fingerprint density at radius 1 is 1.29 bits per heavy atom. The zero-order chi connectivity index (χ0) is 14.9. The second-order valence-electron chi connectivity index (χ2n) is 5.39. The molecule has 1 aliphatic heterocycles. The Morgan fingerprint density at radius 2 is 2.05 bits per heavy atom. The lowest BCUT2D eigenvalue weighted by Crippen LogP contribution is -2.39. The topological polar surface area (TPSA) is 50.3 Å². The Balaban J connectivity index is 1.83. The van der Waals surface area contributed by atoms with Gasteiger partial charge in [-0.3, -0.25) is 0 Å². The lowest BCUT2D eigenvalue weighted by Gasteiger charge is -2.31. The average molecular weight is 322 g/mol. The lowest BCUT2D eigenvalue weighted by molar-refractivity contribution is 0.315. The molecule has 1 aliphatic rings. The van der Waals surface area contributed by atoms with Crippen molar-refractivity contribution in [2.75, 3.05) is 13.1 Å². The van der Waals surface area contributed by atoms with Crippen molar-refractivity contribution in [1.82, 2.24) is 9.29 Å². The Labute approximate surface area is 129 Å². The highest BCUT2D eigenvalue weighted by Crippen LogP contribution is 2.31. The van der Waals surface area contributed by atoms with Crippen molar-refractivity contribution in [1.29, 1.82) is 0 Å². The van der Waals surface area contributed by atoms with Crippen LogP contribution in [-0.4, -0.2) is 30.8 Å². The van der Waals surface area contributed by atoms with Crippen molar-refractivity contribution in [3.63, 3.8) is 0 Å². The van der Waals surface area contributed by atoms with Crippen LogP contribution >= 0.6 is 11.3 Å². The first-order chi connectivity index (χ1) is 10.1. The molecule has 6 heteroatoms. The van der Waals surface area contributed by atoms with Crippen molar-refractivity contribution in [3.8, 4) is 0 Å². The fourth-order valence-electron chi connectivity index (χ4n) is 2.66. The fraction of sp³-hybridized carbons (Fsp3) is 0.400. The highest BCUT2D eigenvalue weighted by atomic mass is 32.2. The molecule has 1 fully saturated rings. The minimum atomic E-state index is -3.39. The fourth-order valence-corrected chi connectivity index (χ4v) is 4.95. The molecule has 21 heavy (non-hydrogen) atoms. The number of thiazole rings is 1. The third-order valence-electron chi connectivity index (χ3n) is 3.84. The van der Waals surface area contributed by atoms with Gasteiger partial charge in [-0.25, -0.2) is 13.4 Å². The third-order valence-corrected chi connectivity index (χ3v) is 6.66. The number of aromatic nitrogens is 1. The van der Waals surface area contributed by atoms with Crippen LogP contribution in [0.25, 0.3) is 0 Å². The van der Waals surface area contributed by atoms with Crippen LogP contribution in [0.1, 0.15) is 29.3 Å². The minimum Gasteiger partial charge on any atom is -0.249 e. The molecule has 0 radical (unpaired) electrons.